The quantitative estimate of drug-likeness (QED) is 0.0277. The SMILES string of the molecule is CC(=O)N[C@H](Cc1ccc2ccccc2c1)C(=O)N[C@@H](Cc1ccc(Cl)cc1)C(=O)N[C@H]1CC(=O)NCCC[C@@H](C(=O)N2CCC[C@H]2C(=O)N[C@@H](C)C(N)=O)NC(=O)[C@H](CC(C)C)NC(=O)[C@@H](Cc2ccc3ccccc3c2)NC(=O)[C@H](CCCN=C(N)N)NC(=O)[C@H](C)NC1=O. The fraction of sp³-hybridized carbons (Fsp3) is 0.435. The summed E-state index contributed by atoms with van der Waals surface area (Å²) < 4.78 is 0. The maximum absolute atomic E-state index is 14.9. The highest BCUT2D eigenvalue weighted by atomic mass is 35.5. The van der Waals surface area contributed by atoms with Crippen LogP contribution in [0.5, 0.6) is 0 Å². The van der Waals surface area contributed by atoms with Crippen LogP contribution in [0.2, 0.25) is 5.02 Å². The molecule has 12 amide bonds. The van der Waals surface area contributed by atoms with Crippen molar-refractivity contribution in [3.8, 4) is 0 Å². The highest BCUT2D eigenvalue weighted by Crippen LogP contribution is 2.23. The number of hydrogen-bond donors (Lipinski definition) is 13. The molecule has 0 spiro atoms. The third kappa shape index (κ3) is 22.5. The number of likely N-dealkylation sites (tertiary alicyclic amines) is 1. The van der Waals surface area contributed by atoms with E-state index in [1.165, 1.54) is 25.7 Å². The first-order chi connectivity index (χ1) is 46.2. The molecule has 10 atom stereocenters. The number of halogens is 1. The van der Waals surface area contributed by atoms with Crippen LogP contribution in [-0.2, 0) is 76.8 Å². The number of benzene rings is 5. The van der Waals surface area contributed by atoms with Crippen LogP contribution in [0.25, 0.3) is 21.5 Å². The summed E-state index contributed by atoms with van der Waals surface area (Å²) >= 11 is 6.24. The molecule has 16 N–H and O–H groups in total. The first-order valence-corrected chi connectivity index (χ1v) is 32.9. The molecule has 0 radical (unpaired) electrons. The summed E-state index contributed by atoms with van der Waals surface area (Å²) in [5, 5.41) is 30.9. The molecular formula is C69H88ClN15O12. The zero-order valence-electron chi connectivity index (χ0n) is 55.0. The van der Waals surface area contributed by atoms with Gasteiger partial charge in [-0.1, -0.05) is 123 Å². The van der Waals surface area contributed by atoms with Gasteiger partial charge in [0.1, 0.15) is 60.4 Å². The van der Waals surface area contributed by atoms with Crippen LogP contribution in [0.1, 0.15) is 103 Å². The lowest BCUT2D eigenvalue weighted by molar-refractivity contribution is -0.142. The molecule has 0 saturated carbocycles. The highest BCUT2D eigenvalue weighted by molar-refractivity contribution is 6.30. The van der Waals surface area contributed by atoms with E-state index in [-0.39, 0.29) is 89.3 Å². The molecule has 2 heterocycles. The van der Waals surface area contributed by atoms with Gasteiger partial charge in [0.05, 0.1) is 6.42 Å². The van der Waals surface area contributed by atoms with E-state index in [0.717, 1.165) is 21.5 Å². The standard InChI is InChI=1S/C69H88ClN15O12/c1-38(2)31-52-63(92)80-51(68(97)85-30-12-19-57(85)67(96)76-39(3)59(71)88)18-11-28-74-58(87)37-56(84-65(94)54(34-42-22-26-49(70)27-23-42)83-64(93)53(78-41(5)86)35-43-20-24-45-13-6-8-15-47(45)32-43)62(91)77-40(4)60(89)79-50(17-10-29-75-69(72)73)61(90)82-55(66(95)81-52)36-44-21-25-46-14-7-9-16-48(46)33-44/h6-9,13-16,20-27,32-33,38-40,50-57H,10-12,17-19,28-31,34-37H2,1-5H3,(H2,71,88)(H,74,87)(H,76,96)(H,77,91)(H,78,86)(H,79,89)(H,80,92)(H,81,95)(H,82,90)(H,83,93)(H,84,94)(H4,72,73,75)/t39-,40-,50-,51-,52-,53+,54-,55+,56-,57-/m0/s1. The first kappa shape index (κ1) is 74.2. The van der Waals surface area contributed by atoms with E-state index in [1.807, 2.05) is 92.7 Å². The molecule has 28 heteroatoms. The Hall–Kier alpha value is -10.2. The van der Waals surface area contributed by atoms with Crippen LogP contribution >= 0.6 is 11.6 Å². The smallest absolute Gasteiger partial charge is 0.245 e. The second-order valence-electron chi connectivity index (χ2n) is 25.0. The van der Waals surface area contributed by atoms with E-state index in [1.54, 1.807) is 30.3 Å². The molecule has 2 fully saturated rings. The van der Waals surface area contributed by atoms with Crippen LogP contribution in [0.4, 0.5) is 0 Å². The molecule has 0 unspecified atom stereocenters. The lowest BCUT2D eigenvalue weighted by Crippen LogP contribution is -2.61. The lowest BCUT2D eigenvalue weighted by Gasteiger charge is -2.31. The number of nitrogens with two attached hydrogens (primary N) is 3. The second kappa shape index (κ2) is 35.5. The Kier molecular flexibility index (Phi) is 27.2. The molecule has 518 valence electrons. The molecule has 2 aliphatic heterocycles. The Morgan fingerprint density at radius 3 is 1.85 bits per heavy atom. The van der Waals surface area contributed by atoms with E-state index in [2.05, 4.69) is 58.2 Å². The monoisotopic (exact) mass is 1350 g/mol. The number of nitrogens with zero attached hydrogens (tertiary/aromatic N) is 2. The largest absolute Gasteiger partial charge is 0.370 e. The van der Waals surface area contributed by atoms with Crippen LogP contribution in [0, 0.1) is 5.92 Å². The predicted molar refractivity (Wildman–Crippen MR) is 365 cm³/mol. The van der Waals surface area contributed by atoms with Gasteiger partial charge in [0.2, 0.25) is 70.9 Å². The summed E-state index contributed by atoms with van der Waals surface area (Å²) in [6, 6.07) is 18.8. The summed E-state index contributed by atoms with van der Waals surface area (Å²) in [6.45, 7) is 7.46. The number of aliphatic imine (C=N–C) groups is 1. The van der Waals surface area contributed by atoms with E-state index < -0.39 is 138 Å². The van der Waals surface area contributed by atoms with E-state index in [9.17, 15) is 57.5 Å². The van der Waals surface area contributed by atoms with Gasteiger partial charge in [0.25, 0.3) is 0 Å². The Balaban J connectivity index is 1.24. The maximum Gasteiger partial charge on any atom is 0.245 e. The number of nitrogens with one attached hydrogen (secondary N) is 10. The molecule has 7 rings (SSSR count). The highest BCUT2D eigenvalue weighted by Gasteiger charge is 2.40. The normalized spacial score (nSPS) is 21.1. The molecule has 97 heavy (non-hydrogen) atoms. The number of guanidine groups is 1. The van der Waals surface area contributed by atoms with E-state index in [4.69, 9.17) is 28.8 Å². The summed E-state index contributed by atoms with van der Waals surface area (Å²) in [7, 11) is 0. The predicted octanol–water partition coefficient (Wildman–Crippen LogP) is 0.973. The third-order valence-corrected chi connectivity index (χ3v) is 17.0. The lowest BCUT2D eigenvalue weighted by atomic mass is 9.98. The van der Waals surface area contributed by atoms with Crippen molar-refractivity contribution in [1.82, 2.24) is 58.1 Å². The van der Waals surface area contributed by atoms with Gasteiger partial charge in [-0.25, -0.2) is 0 Å². The van der Waals surface area contributed by atoms with Crippen molar-refractivity contribution in [2.75, 3.05) is 19.6 Å². The molecule has 0 aromatic heterocycles. The van der Waals surface area contributed by atoms with Crippen molar-refractivity contribution in [3.05, 3.63) is 131 Å². The third-order valence-electron chi connectivity index (χ3n) is 16.7. The van der Waals surface area contributed by atoms with E-state index >= 15 is 0 Å². The van der Waals surface area contributed by atoms with Crippen molar-refractivity contribution in [1.29, 1.82) is 0 Å². The van der Waals surface area contributed by atoms with Crippen LogP contribution in [0.3, 0.4) is 0 Å². The zero-order chi connectivity index (χ0) is 70.5. The van der Waals surface area contributed by atoms with Crippen LogP contribution < -0.4 is 70.4 Å². The topological polar surface area (TPSA) is 419 Å². The fourth-order valence-electron chi connectivity index (χ4n) is 11.6. The van der Waals surface area contributed by atoms with Gasteiger partial charge in [0.15, 0.2) is 5.96 Å². The van der Waals surface area contributed by atoms with Crippen molar-refractivity contribution in [3.63, 3.8) is 0 Å². The average molecular weight is 1360 g/mol. The Morgan fingerprint density at radius 1 is 0.629 bits per heavy atom. The molecule has 2 saturated heterocycles. The number of amides is 12. The van der Waals surface area contributed by atoms with Gasteiger partial charge >= 0.3 is 0 Å². The molecule has 2 aliphatic rings. The van der Waals surface area contributed by atoms with Crippen molar-refractivity contribution < 1.29 is 57.5 Å². The Bertz CT molecular complexity index is 3730. The zero-order valence-corrected chi connectivity index (χ0v) is 55.8. The minimum atomic E-state index is -1.79. The van der Waals surface area contributed by atoms with Crippen molar-refractivity contribution in [2.45, 2.75) is 166 Å². The number of carbonyl (C=O) groups is 12. The number of fused-ring (bicyclic) bond motifs is 2. The van der Waals surface area contributed by atoms with Gasteiger partial charge in [-0.2, -0.15) is 0 Å². The van der Waals surface area contributed by atoms with Gasteiger partial charge in [-0.05, 0) is 115 Å². The van der Waals surface area contributed by atoms with Crippen molar-refractivity contribution >= 4 is 110 Å². The summed E-state index contributed by atoms with van der Waals surface area (Å²) in [5.41, 5.74) is 18.5. The Labute approximate surface area is 567 Å². The maximum atomic E-state index is 14.9. The fourth-order valence-corrected chi connectivity index (χ4v) is 11.7. The average Bonchev–Trinajstić information content (AvgIpc) is 1.83. The molecule has 5 aromatic rings. The van der Waals surface area contributed by atoms with E-state index in [0.29, 0.717) is 28.1 Å². The van der Waals surface area contributed by atoms with Gasteiger partial charge in [0, 0.05) is 50.8 Å². The summed E-state index contributed by atoms with van der Waals surface area (Å²) in [4.78, 5) is 176. The number of hydrogen-bond acceptors (Lipinski definition) is 13. The van der Waals surface area contributed by atoms with Crippen molar-refractivity contribution in [2.24, 2.45) is 28.1 Å². The van der Waals surface area contributed by atoms with Crippen LogP contribution in [0.15, 0.2) is 114 Å². The molecule has 0 bridgehead atoms. The Morgan fingerprint density at radius 2 is 1.21 bits per heavy atom. The first-order valence-electron chi connectivity index (χ1n) is 32.5. The van der Waals surface area contributed by atoms with Gasteiger partial charge in [-0.15, -0.1) is 0 Å². The minimum absolute atomic E-state index is 0.00428. The van der Waals surface area contributed by atoms with Gasteiger partial charge < -0.3 is 75.3 Å². The molecule has 0 aliphatic carbocycles. The number of rotatable bonds is 21. The second-order valence-corrected chi connectivity index (χ2v) is 25.5. The molecule has 27 nitrogen and oxygen atoms in total. The minimum Gasteiger partial charge on any atom is -0.370 e. The molecular weight excluding hydrogens is 1270 g/mol. The van der Waals surface area contributed by atoms with Gasteiger partial charge in [-0.3, -0.25) is 62.5 Å². The molecule has 5 aromatic carbocycles. The summed E-state index contributed by atoms with van der Waals surface area (Å²) in [6.07, 6.45) is -0.678. The summed E-state index contributed by atoms with van der Waals surface area (Å²) in [5.74, 6) is -10.2. The number of carbonyl (C=O) groups excluding carboxylic acids is 12. The number of primary amides is 1. The van der Waals surface area contributed by atoms with Crippen LogP contribution in [-0.4, -0.2) is 162 Å².